The predicted molar refractivity (Wildman–Crippen MR) is 212 cm³/mol. The number of imidazole rings is 1. The second-order valence-electron chi connectivity index (χ2n) is 13.7. The number of phosphoric acid groups is 3. The number of aromatic nitrogens is 4. The van der Waals surface area contributed by atoms with Crippen molar-refractivity contribution in [2.45, 2.75) is 50.9 Å². The number of phenolic OH excluding ortho intramolecular Hbond substituents is 2. The molecule has 1 saturated heterocycles. The largest absolute Gasteiger partial charge is 0.507 e. The fraction of sp³-hybridized carbons (Fsp3) is 0.484. The Morgan fingerprint density at radius 1 is 1.03 bits per heavy atom. The van der Waals surface area contributed by atoms with E-state index in [4.69, 9.17) is 24.3 Å². The van der Waals surface area contributed by atoms with Crippen LogP contribution in [0.25, 0.3) is 17.2 Å². The molecule has 3 heterocycles. The average Bonchev–Trinajstić information content (AvgIpc) is 3.74. The summed E-state index contributed by atoms with van der Waals surface area (Å²) in [4.78, 5) is 88.0. The number of nitrogens with two attached hydrogens (primary N) is 1. The molecule has 4 rings (SSSR count). The zero-order valence-electron chi connectivity index (χ0n) is 32.7. The lowest BCUT2D eigenvalue weighted by molar-refractivity contribution is -0.137. The predicted octanol–water partition coefficient (Wildman–Crippen LogP) is -0.202. The van der Waals surface area contributed by atoms with Crippen LogP contribution in [0.1, 0.15) is 32.1 Å². The highest BCUT2D eigenvalue weighted by Gasteiger charge is 2.50. The number of aromatic hydroxyl groups is 2. The van der Waals surface area contributed by atoms with Crippen molar-refractivity contribution in [3.8, 4) is 17.2 Å². The van der Waals surface area contributed by atoms with E-state index in [0.29, 0.717) is 0 Å². The Morgan fingerprint density at radius 3 is 2.40 bits per heavy atom. The minimum Gasteiger partial charge on any atom is -0.507 e. The molecule has 12 N–H and O–H groups in total. The zero-order chi connectivity index (χ0) is 46.2. The number of carbonyl (C=O) groups excluding carboxylic acids is 3. The fourth-order valence-electron chi connectivity index (χ4n) is 5.36. The van der Waals surface area contributed by atoms with Crippen molar-refractivity contribution in [2.75, 3.05) is 44.9 Å². The van der Waals surface area contributed by atoms with E-state index < -0.39 is 89.7 Å². The van der Waals surface area contributed by atoms with E-state index in [2.05, 4.69) is 34.4 Å². The highest BCUT2D eigenvalue weighted by atomic mass is 32.2. The molecule has 0 aliphatic carbocycles. The maximum absolute atomic E-state index is 12.7. The molecule has 344 valence electrons. The number of anilines is 1. The van der Waals surface area contributed by atoms with E-state index >= 15 is 0 Å². The van der Waals surface area contributed by atoms with Gasteiger partial charge in [-0.1, -0.05) is 25.6 Å². The molecule has 7 atom stereocenters. The maximum Gasteiger partial charge on any atom is 0.481 e. The zero-order valence-corrected chi connectivity index (χ0v) is 36.2. The van der Waals surface area contributed by atoms with Gasteiger partial charge < -0.3 is 65.8 Å². The normalized spacial score (nSPS) is 20.7. The van der Waals surface area contributed by atoms with Crippen molar-refractivity contribution in [1.82, 2.24) is 30.2 Å². The summed E-state index contributed by atoms with van der Waals surface area (Å²) in [7, 11) is -15.2. The van der Waals surface area contributed by atoms with E-state index in [-0.39, 0.29) is 65.1 Å². The number of phenols is 2. The summed E-state index contributed by atoms with van der Waals surface area (Å²) in [6.07, 6.45) is -4.63. The molecule has 2 amide bonds. The number of nitrogen functional groups attached to an aromatic ring is 1. The molecule has 1 aliphatic heterocycles. The van der Waals surface area contributed by atoms with Crippen LogP contribution in [-0.4, -0.2) is 140 Å². The number of amides is 2. The minimum absolute atomic E-state index is 0.0176. The van der Waals surface area contributed by atoms with Crippen LogP contribution in [0.4, 0.5) is 5.82 Å². The van der Waals surface area contributed by atoms with Gasteiger partial charge in [-0.05, 0) is 18.2 Å². The van der Waals surface area contributed by atoms with Gasteiger partial charge in [0, 0.05) is 42.3 Å². The molecule has 27 nitrogen and oxygen atoms in total. The van der Waals surface area contributed by atoms with Crippen LogP contribution in [0.5, 0.6) is 17.2 Å². The van der Waals surface area contributed by atoms with Crippen molar-refractivity contribution in [1.29, 1.82) is 0 Å². The second kappa shape index (κ2) is 21.1. The van der Waals surface area contributed by atoms with Gasteiger partial charge in [0.15, 0.2) is 29.2 Å². The highest BCUT2D eigenvalue weighted by molar-refractivity contribution is 8.14. The van der Waals surface area contributed by atoms with Crippen LogP contribution in [0.2, 0.25) is 0 Å². The summed E-state index contributed by atoms with van der Waals surface area (Å²) >= 11 is 0.859. The molecule has 0 radical (unpaired) electrons. The Bertz CT molecular complexity index is 2280. The van der Waals surface area contributed by atoms with E-state index in [0.717, 1.165) is 35.0 Å². The summed E-state index contributed by atoms with van der Waals surface area (Å²) in [5, 5.41) is 45.5. The molecule has 1 fully saturated rings. The molecule has 3 aromatic rings. The lowest BCUT2D eigenvalue weighted by Gasteiger charge is -2.30. The van der Waals surface area contributed by atoms with Gasteiger partial charge in [-0.3, -0.25) is 32.5 Å². The molecule has 62 heavy (non-hydrogen) atoms. The lowest BCUT2D eigenvalue weighted by Crippen LogP contribution is -2.46. The van der Waals surface area contributed by atoms with E-state index in [1.54, 1.807) is 0 Å². The number of carbonyl (C=O) groups is 3. The first kappa shape index (κ1) is 50.6. The molecule has 0 bridgehead atoms. The third-order valence-electron chi connectivity index (χ3n) is 8.47. The van der Waals surface area contributed by atoms with Crippen molar-refractivity contribution in [2.24, 2.45) is 5.41 Å². The summed E-state index contributed by atoms with van der Waals surface area (Å²) in [5.74, 6) is -1.90. The van der Waals surface area contributed by atoms with E-state index in [1.165, 1.54) is 39.2 Å². The molecule has 2 unspecified atom stereocenters. The minimum atomic E-state index is -5.60. The standard InChI is InChI=1S/C31H44N7O20P3S/c1-31(2,26(44)29(45)34-7-6-21(41)33-8-9-62-22(42)5-4-16-10-19(53-3)18(40)11-17(16)39)13-55-61(51,52)58-60(49,50)54-12-20-25(57-59(46,47)48)24(43)30(56-20)38-15-37-23-27(32)35-14-36-28(23)38/h4-5,10-11,14-15,20,24-26,30,39-40,43-44H,6-9,12-13H2,1-3H3,(H,33,41)(H,34,45)(H,49,50)(H,51,52)(H2,32,35,36)(H2,46,47,48)/b5-4+/t20-,24-,25-,26+,30-/m1/s1. The number of phosphoric ester groups is 3. The van der Waals surface area contributed by atoms with Gasteiger partial charge in [-0.25, -0.2) is 28.6 Å². The third-order valence-corrected chi connectivity index (χ3v) is 12.4. The molecule has 1 aromatic carbocycles. The van der Waals surface area contributed by atoms with Crippen LogP contribution in [0, 0.1) is 5.41 Å². The highest BCUT2D eigenvalue weighted by Crippen LogP contribution is 2.61. The van der Waals surface area contributed by atoms with Gasteiger partial charge in [-0.2, -0.15) is 4.31 Å². The number of hydrogen-bond donors (Lipinski definition) is 11. The number of nitrogens with one attached hydrogen (secondary N) is 2. The number of benzene rings is 1. The monoisotopic (exact) mass is 959 g/mol. The van der Waals surface area contributed by atoms with E-state index in [1.807, 2.05) is 0 Å². The topological polar surface area (TPSA) is 413 Å². The number of rotatable bonds is 22. The first-order valence-corrected chi connectivity index (χ1v) is 23.2. The lowest BCUT2D eigenvalue weighted by atomic mass is 9.87. The van der Waals surface area contributed by atoms with Gasteiger partial charge in [0.05, 0.1) is 26.7 Å². The first-order valence-electron chi connectivity index (χ1n) is 17.7. The molecular weight excluding hydrogens is 915 g/mol. The number of aliphatic hydroxyl groups is 2. The summed E-state index contributed by atoms with van der Waals surface area (Å²) in [6.45, 7) is 0.182. The van der Waals surface area contributed by atoms with Crippen LogP contribution in [0.3, 0.4) is 0 Å². The van der Waals surface area contributed by atoms with Crippen LogP contribution in [0.15, 0.2) is 30.9 Å². The quantitative estimate of drug-likeness (QED) is 0.0353. The second-order valence-corrected chi connectivity index (χ2v) is 19.0. The Balaban J connectivity index is 1.20. The SMILES string of the molecule is COc1cc(/C=C/C(=O)SCCNC(=O)CCNC(=O)[C@H](O)C(C)(C)COP(=O)(O)OP(=O)(O)OC[C@H]2O[C@@H](n3cnc4c(N)ncnc43)[C@H](O)[C@@H]2OP(=O)(O)O)c(O)cc1O. The van der Waals surface area contributed by atoms with Gasteiger partial charge in [0.2, 0.25) is 16.9 Å². The molecule has 31 heteroatoms. The third kappa shape index (κ3) is 14.2. The number of aliphatic hydroxyl groups excluding tert-OH is 2. The Hall–Kier alpha value is -4.08. The number of ether oxygens (including phenoxy) is 2. The molecule has 1 aliphatic rings. The van der Waals surface area contributed by atoms with Gasteiger partial charge in [0.25, 0.3) is 0 Å². The number of fused-ring (bicyclic) bond motifs is 1. The maximum atomic E-state index is 12.7. The van der Waals surface area contributed by atoms with Gasteiger partial charge >= 0.3 is 23.5 Å². The molecular formula is C31H44N7O20P3S. The number of hydrogen-bond acceptors (Lipinski definition) is 21. The Kier molecular flexibility index (Phi) is 17.2. The summed E-state index contributed by atoms with van der Waals surface area (Å²) < 4.78 is 67.1. The first-order chi connectivity index (χ1) is 28.8. The Morgan fingerprint density at radius 2 is 1.73 bits per heavy atom. The molecule has 2 aromatic heterocycles. The number of nitrogens with zero attached hydrogens (tertiary/aromatic N) is 4. The van der Waals surface area contributed by atoms with Crippen LogP contribution in [-0.2, 0) is 50.7 Å². The van der Waals surface area contributed by atoms with Crippen molar-refractivity contribution in [3.63, 3.8) is 0 Å². The van der Waals surface area contributed by atoms with Crippen LogP contribution >= 0.6 is 35.2 Å². The smallest absolute Gasteiger partial charge is 0.481 e. The van der Waals surface area contributed by atoms with E-state index in [9.17, 15) is 68.1 Å². The van der Waals surface area contributed by atoms with Crippen molar-refractivity contribution in [3.05, 3.63) is 36.4 Å². The summed E-state index contributed by atoms with van der Waals surface area (Å²) in [6, 6.07) is 2.39. The molecule has 0 spiro atoms. The summed E-state index contributed by atoms with van der Waals surface area (Å²) in [5.41, 5.74) is 4.42. The van der Waals surface area contributed by atoms with Crippen LogP contribution < -0.4 is 21.1 Å². The fourth-order valence-corrected chi connectivity index (χ4v) is 8.76. The van der Waals surface area contributed by atoms with Gasteiger partial charge in [0.1, 0.15) is 42.0 Å². The number of thioether (sulfide) groups is 1. The van der Waals surface area contributed by atoms with Crippen molar-refractivity contribution >= 4 is 75.2 Å². The average molecular weight is 960 g/mol. The van der Waals surface area contributed by atoms with Gasteiger partial charge in [-0.15, -0.1) is 0 Å². The van der Waals surface area contributed by atoms with Crippen molar-refractivity contribution < 1.29 is 95.4 Å². The molecule has 0 saturated carbocycles. The number of methoxy groups -OCH3 is 1. The Labute approximate surface area is 355 Å².